The number of aromatic hydroxyl groups is 1. The summed E-state index contributed by atoms with van der Waals surface area (Å²) >= 11 is 3.28. The minimum atomic E-state index is -3.41. The second-order valence-electron chi connectivity index (χ2n) is 5.82. The van der Waals surface area contributed by atoms with Crippen LogP contribution in [0.3, 0.4) is 0 Å². The first-order chi connectivity index (χ1) is 11.9. The Kier molecular flexibility index (Phi) is 3.59. The Balaban J connectivity index is 1.86. The van der Waals surface area contributed by atoms with Crippen LogP contribution in [0.5, 0.6) is 5.75 Å². The molecule has 2 aromatic carbocycles. The van der Waals surface area contributed by atoms with E-state index in [0.29, 0.717) is 25.4 Å². The van der Waals surface area contributed by atoms with Gasteiger partial charge in [0.15, 0.2) is 0 Å². The fourth-order valence-electron chi connectivity index (χ4n) is 2.85. The number of allylic oxidation sites excluding steroid dienone is 1. The molecule has 0 saturated heterocycles. The van der Waals surface area contributed by atoms with E-state index in [4.69, 9.17) is 0 Å². The third-order valence-electron chi connectivity index (χ3n) is 4.17. The summed E-state index contributed by atoms with van der Waals surface area (Å²) < 4.78 is 25.4. The van der Waals surface area contributed by atoms with Crippen LogP contribution >= 0.6 is 15.9 Å². The van der Waals surface area contributed by atoms with Gasteiger partial charge < -0.3 is 10.4 Å². The number of anilines is 2. The monoisotopic (exact) mass is 416 g/mol. The SMILES string of the molecule is CC1=Cc2cc3nccc(Nc4ccc(O)c(Br)c4)c3cc2S1(=O)=O. The van der Waals surface area contributed by atoms with Crippen LogP contribution in [0.15, 0.2) is 56.9 Å². The van der Waals surface area contributed by atoms with E-state index < -0.39 is 9.84 Å². The van der Waals surface area contributed by atoms with Gasteiger partial charge in [0.2, 0.25) is 9.84 Å². The van der Waals surface area contributed by atoms with Crippen LogP contribution in [0.1, 0.15) is 12.5 Å². The minimum Gasteiger partial charge on any atom is -0.507 e. The lowest BCUT2D eigenvalue weighted by molar-refractivity contribution is 0.472. The molecule has 0 atom stereocenters. The van der Waals surface area contributed by atoms with Crippen molar-refractivity contribution in [3.05, 3.63) is 57.5 Å². The van der Waals surface area contributed by atoms with Gasteiger partial charge in [-0.2, -0.15) is 0 Å². The smallest absolute Gasteiger partial charge is 0.203 e. The molecule has 0 amide bonds. The number of benzene rings is 2. The van der Waals surface area contributed by atoms with Crippen molar-refractivity contribution < 1.29 is 13.5 Å². The van der Waals surface area contributed by atoms with Gasteiger partial charge in [-0.05, 0) is 70.9 Å². The van der Waals surface area contributed by atoms with Crippen molar-refractivity contribution in [3.8, 4) is 5.75 Å². The average Bonchev–Trinajstić information content (AvgIpc) is 2.79. The van der Waals surface area contributed by atoms with E-state index in [-0.39, 0.29) is 5.75 Å². The number of sulfone groups is 1. The Labute approximate surface area is 153 Å². The van der Waals surface area contributed by atoms with Crippen LogP contribution < -0.4 is 5.32 Å². The van der Waals surface area contributed by atoms with Gasteiger partial charge in [0, 0.05) is 27.9 Å². The second kappa shape index (κ2) is 5.57. The third-order valence-corrected chi connectivity index (χ3v) is 6.71. The summed E-state index contributed by atoms with van der Waals surface area (Å²) in [5.74, 6) is 0.149. The van der Waals surface area contributed by atoms with Crippen molar-refractivity contribution in [1.82, 2.24) is 4.98 Å². The zero-order valence-electron chi connectivity index (χ0n) is 13.1. The molecule has 4 rings (SSSR count). The normalized spacial score (nSPS) is 15.0. The maximum absolute atomic E-state index is 12.4. The van der Waals surface area contributed by atoms with Crippen molar-refractivity contribution in [2.45, 2.75) is 11.8 Å². The molecule has 1 aliphatic heterocycles. The molecular formula is C18H13BrN2O3S. The number of phenols is 1. The van der Waals surface area contributed by atoms with E-state index in [1.54, 1.807) is 55.6 Å². The number of halogens is 1. The molecule has 126 valence electrons. The molecule has 5 nitrogen and oxygen atoms in total. The van der Waals surface area contributed by atoms with Crippen LogP contribution in [0, 0.1) is 0 Å². The standard InChI is InChI=1S/C18H13BrN2O3S/c1-10-6-11-7-16-13(9-18(11)25(10,23)24)15(4-5-20-16)21-12-2-3-17(22)14(19)8-12/h2-9,22H,1H3,(H,20,21). The van der Waals surface area contributed by atoms with E-state index in [2.05, 4.69) is 26.2 Å². The summed E-state index contributed by atoms with van der Waals surface area (Å²) in [6, 6.07) is 10.3. The molecule has 2 heterocycles. The quantitative estimate of drug-likeness (QED) is 0.596. The highest BCUT2D eigenvalue weighted by atomic mass is 79.9. The maximum Gasteiger partial charge on any atom is 0.203 e. The van der Waals surface area contributed by atoms with Crippen molar-refractivity contribution in [3.63, 3.8) is 0 Å². The van der Waals surface area contributed by atoms with Gasteiger partial charge in [-0.25, -0.2) is 8.42 Å². The number of nitrogens with zero attached hydrogens (tertiary/aromatic N) is 1. The van der Waals surface area contributed by atoms with Crippen molar-refractivity contribution in [2.24, 2.45) is 0 Å². The second-order valence-corrected chi connectivity index (χ2v) is 8.76. The average molecular weight is 417 g/mol. The molecule has 2 N–H and O–H groups in total. The highest BCUT2D eigenvalue weighted by molar-refractivity contribution is 9.10. The summed E-state index contributed by atoms with van der Waals surface area (Å²) in [6.45, 7) is 1.60. The zero-order valence-corrected chi connectivity index (χ0v) is 15.5. The fourth-order valence-corrected chi connectivity index (χ4v) is 4.56. The molecule has 25 heavy (non-hydrogen) atoms. The van der Waals surface area contributed by atoms with E-state index in [1.165, 1.54) is 0 Å². The van der Waals surface area contributed by atoms with Gasteiger partial charge in [0.1, 0.15) is 5.75 Å². The molecule has 0 bridgehead atoms. The Morgan fingerprint density at radius 2 is 1.96 bits per heavy atom. The highest BCUT2D eigenvalue weighted by Gasteiger charge is 2.27. The Hall–Kier alpha value is -2.38. The van der Waals surface area contributed by atoms with Gasteiger partial charge in [-0.15, -0.1) is 0 Å². The number of pyridine rings is 1. The predicted octanol–water partition coefficient (Wildman–Crippen LogP) is 4.59. The van der Waals surface area contributed by atoms with Crippen LogP contribution in [-0.4, -0.2) is 18.5 Å². The van der Waals surface area contributed by atoms with E-state index in [0.717, 1.165) is 16.8 Å². The lowest BCUT2D eigenvalue weighted by Gasteiger charge is -2.11. The Morgan fingerprint density at radius 1 is 1.16 bits per heavy atom. The first kappa shape index (κ1) is 16.1. The maximum atomic E-state index is 12.4. The molecule has 3 aromatic rings. The molecule has 0 aliphatic carbocycles. The number of fused-ring (bicyclic) bond motifs is 2. The zero-order chi connectivity index (χ0) is 17.8. The van der Waals surface area contributed by atoms with Crippen LogP contribution in [0.4, 0.5) is 11.4 Å². The third kappa shape index (κ3) is 2.60. The van der Waals surface area contributed by atoms with Gasteiger partial charge in [0.25, 0.3) is 0 Å². The van der Waals surface area contributed by atoms with Crippen molar-refractivity contribution in [1.29, 1.82) is 0 Å². The number of aromatic nitrogens is 1. The number of nitrogens with one attached hydrogen (secondary N) is 1. The molecule has 0 fully saturated rings. The van der Waals surface area contributed by atoms with Gasteiger partial charge in [-0.3, -0.25) is 4.98 Å². The van der Waals surface area contributed by atoms with Gasteiger partial charge in [-0.1, -0.05) is 0 Å². The van der Waals surface area contributed by atoms with E-state index in [9.17, 15) is 13.5 Å². The van der Waals surface area contributed by atoms with Crippen molar-refractivity contribution in [2.75, 3.05) is 5.32 Å². The summed E-state index contributed by atoms with van der Waals surface area (Å²) in [7, 11) is -3.41. The first-order valence-electron chi connectivity index (χ1n) is 7.48. The van der Waals surface area contributed by atoms with E-state index >= 15 is 0 Å². The topological polar surface area (TPSA) is 79.3 Å². The molecular weight excluding hydrogens is 404 g/mol. The lowest BCUT2D eigenvalue weighted by atomic mass is 10.1. The summed E-state index contributed by atoms with van der Waals surface area (Å²) in [4.78, 5) is 5.00. The number of rotatable bonds is 2. The molecule has 0 saturated carbocycles. The Morgan fingerprint density at radius 3 is 2.72 bits per heavy atom. The number of hydrogen-bond acceptors (Lipinski definition) is 5. The first-order valence-corrected chi connectivity index (χ1v) is 9.75. The van der Waals surface area contributed by atoms with Gasteiger partial charge >= 0.3 is 0 Å². The molecule has 1 aromatic heterocycles. The van der Waals surface area contributed by atoms with Crippen LogP contribution in [-0.2, 0) is 9.84 Å². The largest absolute Gasteiger partial charge is 0.507 e. The van der Waals surface area contributed by atoms with Crippen molar-refractivity contribution >= 4 is 54.1 Å². The summed E-state index contributed by atoms with van der Waals surface area (Å²) in [5.41, 5.74) is 2.88. The van der Waals surface area contributed by atoms with E-state index in [1.807, 2.05) is 0 Å². The Bertz CT molecular complexity index is 1170. The summed E-state index contributed by atoms with van der Waals surface area (Å²) in [5, 5.41) is 13.6. The molecule has 0 unspecified atom stereocenters. The molecule has 0 spiro atoms. The number of phenolic OH excluding ortho intramolecular Hbond substituents is 1. The molecule has 1 aliphatic rings. The number of hydrogen-bond donors (Lipinski definition) is 2. The summed E-state index contributed by atoms with van der Waals surface area (Å²) in [6.07, 6.45) is 3.34. The highest BCUT2D eigenvalue weighted by Crippen LogP contribution is 2.37. The minimum absolute atomic E-state index is 0.149. The van der Waals surface area contributed by atoms with Crippen LogP contribution in [0.25, 0.3) is 17.0 Å². The van der Waals surface area contributed by atoms with Crippen LogP contribution in [0.2, 0.25) is 0 Å². The lowest BCUT2D eigenvalue weighted by Crippen LogP contribution is -1.99. The van der Waals surface area contributed by atoms with Gasteiger partial charge in [0.05, 0.1) is 14.9 Å². The molecule has 0 radical (unpaired) electrons. The molecule has 7 heteroatoms. The predicted molar refractivity (Wildman–Crippen MR) is 102 cm³/mol. The fraction of sp³-hybridized carbons (Fsp3) is 0.0556.